The van der Waals surface area contributed by atoms with Crippen LogP contribution >= 0.6 is 11.6 Å². The predicted octanol–water partition coefficient (Wildman–Crippen LogP) is 3.67. The van der Waals surface area contributed by atoms with Crippen molar-refractivity contribution in [2.45, 2.75) is 19.0 Å². The van der Waals surface area contributed by atoms with E-state index in [1.807, 2.05) is 49.4 Å². The fourth-order valence-corrected chi connectivity index (χ4v) is 3.83. The van der Waals surface area contributed by atoms with Gasteiger partial charge in [0.05, 0.1) is 17.7 Å². The molecule has 3 aromatic rings. The van der Waals surface area contributed by atoms with Crippen LogP contribution in [0.2, 0.25) is 5.02 Å². The van der Waals surface area contributed by atoms with E-state index in [1.54, 1.807) is 48.3 Å². The van der Waals surface area contributed by atoms with E-state index in [9.17, 15) is 9.59 Å². The van der Waals surface area contributed by atoms with Crippen molar-refractivity contribution < 1.29 is 19.0 Å². The zero-order valence-electron chi connectivity index (χ0n) is 17.7. The smallest absolute Gasteiger partial charge is 0.304 e. The SMILES string of the molecule is COc1ccc(C(=O)N[C@@H]2C(=O)N/[N+](=C\c3ccccc3Cl)[C@H]2c2ccc(C)cc2)cc1. The van der Waals surface area contributed by atoms with E-state index in [0.29, 0.717) is 16.3 Å². The van der Waals surface area contributed by atoms with Gasteiger partial charge in [0.15, 0.2) is 6.04 Å². The molecule has 1 aliphatic rings. The fraction of sp³-hybridized carbons (Fsp3) is 0.160. The number of hydrogen-bond donors (Lipinski definition) is 2. The molecule has 3 aromatic carbocycles. The summed E-state index contributed by atoms with van der Waals surface area (Å²) in [5, 5.41) is 3.45. The molecule has 4 rings (SSSR count). The first-order chi connectivity index (χ1) is 15.5. The highest BCUT2D eigenvalue weighted by molar-refractivity contribution is 6.32. The van der Waals surface area contributed by atoms with Crippen LogP contribution in [-0.2, 0) is 4.79 Å². The van der Waals surface area contributed by atoms with E-state index in [0.717, 1.165) is 16.7 Å². The van der Waals surface area contributed by atoms with Crippen LogP contribution < -0.4 is 15.5 Å². The van der Waals surface area contributed by atoms with Crippen LogP contribution in [0, 0.1) is 6.92 Å². The molecule has 0 unspecified atom stereocenters. The number of benzene rings is 3. The van der Waals surface area contributed by atoms with E-state index in [1.165, 1.54) is 0 Å². The van der Waals surface area contributed by atoms with Gasteiger partial charge in [0.2, 0.25) is 12.3 Å². The molecule has 7 heteroatoms. The van der Waals surface area contributed by atoms with Crippen LogP contribution in [-0.4, -0.2) is 35.9 Å². The molecule has 0 saturated carbocycles. The molecule has 0 radical (unpaired) electrons. The molecule has 2 amide bonds. The summed E-state index contributed by atoms with van der Waals surface area (Å²) in [7, 11) is 1.56. The van der Waals surface area contributed by atoms with Crippen LogP contribution in [0.15, 0.2) is 72.8 Å². The van der Waals surface area contributed by atoms with Gasteiger partial charge >= 0.3 is 5.91 Å². The van der Waals surface area contributed by atoms with Gasteiger partial charge in [0, 0.05) is 11.1 Å². The lowest BCUT2D eigenvalue weighted by Crippen LogP contribution is -2.42. The number of ether oxygens (including phenoxy) is 1. The van der Waals surface area contributed by atoms with Gasteiger partial charge in [-0.15, -0.1) is 10.1 Å². The van der Waals surface area contributed by atoms with Gasteiger partial charge in [-0.05, 0) is 43.3 Å². The van der Waals surface area contributed by atoms with Crippen LogP contribution in [0.4, 0.5) is 0 Å². The van der Waals surface area contributed by atoms with Crippen molar-refractivity contribution in [3.63, 3.8) is 0 Å². The Bertz CT molecular complexity index is 1170. The number of rotatable bonds is 5. The molecule has 32 heavy (non-hydrogen) atoms. The Morgan fingerprint density at radius 3 is 2.41 bits per heavy atom. The number of hydrazine groups is 1. The minimum absolute atomic E-state index is 0.305. The van der Waals surface area contributed by atoms with Gasteiger partial charge in [-0.25, -0.2) is 0 Å². The first-order valence-corrected chi connectivity index (χ1v) is 10.5. The Morgan fingerprint density at radius 2 is 1.75 bits per heavy atom. The minimum Gasteiger partial charge on any atom is -0.497 e. The molecule has 0 spiro atoms. The molecule has 0 aliphatic carbocycles. The van der Waals surface area contributed by atoms with Crippen molar-refractivity contribution in [3.05, 3.63) is 100 Å². The number of nitrogens with one attached hydrogen (secondary N) is 2. The number of aryl methyl sites for hydroxylation is 1. The zero-order chi connectivity index (χ0) is 22.7. The molecule has 1 heterocycles. The molecule has 0 aromatic heterocycles. The molecule has 2 atom stereocenters. The Kier molecular flexibility index (Phi) is 6.23. The van der Waals surface area contributed by atoms with E-state index in [4.69, 9.17) is 16.3 Å². The minimum atomic E-state index is -0.800. The highest BCUT2D eigenvalue weighted by atomic mass is 35.5. The maximum atomic E-state index is 12.9. The third-order valence-corrected chi connectivity index (χ3v) is 5.72. The summed E-state index contributed by atoms with van der Waals surface area (Å²) in [5.74, 6) is 0.00320. The van der Waals surface area contributed by atoms with E-state index >= 15 is 0 Å². The maximum absolute atomic E-state index is 12.9. The highest BCUT2D eigenvalue weighted by Gasteiger charge is 2.47. The van der Waals surface area contributed by atoms with Gasteiger partial charge in [0.1, 0.15) is 5.75 Å². The summed E-state index contributed by atoms with van der Waals surface area (Å²) in [6, 6.07) is 20.7. The van der Waals surface area contributed by atoms with Crippen LogP contribution in [0.3, 0.4) is 0 Å². The molecule has 1 aliphatic heterocycles. The molecule has 6 nitrogen and oxygen atoms in total. The van der Waals surface area contributed by atoms with Gasteiger partial charge in [-0.1, -0.05) is 53.6 Å². The van der Waals surface area contributed by atoms with Crippen molar-refractivity contribution in [2.75, 3.05) is 7.11 Å². The summed E-state index contributed by atoms with van der Waals surface area (Å²) in [6.45, 7) is 2.00. The monoisotopic (exact) mass is 448 g/mol. The lowest BCUT2D eigenvalue weighted by atomic mass is 9.98. The van der Waals surface area contributed by atoms with Crippen LogP contribution in [0.5, 0.6) is 5.75 Å². The maximum Gasteiger partial charge on any atom is 0.304 e. The lowest BCUT2D eigenvalue weighted by molar-refractivity contribution is -0.596. The predicted molar refractivity (Wildman–Crippen MR) is 123 cm³/mol. The lowest BCUT2D eigenvalue weighted by Gasteiger charge is -2.15. The highest BCUT2D eigenvalue weighted by Crippen LogP contribution is 2.26. The first-order valence-electron chi connectivity index (χ1n) is 10.2. The molecule has 1 saturated heterocycles. The number of amides is 2. The van der Waals surface area contributed by atoms with Gasteiger partial charge in [-0.2, -0.15) is 0 Å². The van der Waals surface area contributed by atoms with Crippen molar-refractivity contribution >= 4 is 29.6 Å². The summed E-state index contributed by atoms with van der Waals surface area (Å²) < 4.78 is 6.85. The number of carbonyl (C=O) groups excluding carboxylic acids is 2. The molecular weight excluding hydrogens is 426 g/mol. The van der Waals surface area contributed by atoms with Crippen molar-refractivity contribution in [1.29, 1.82) is 0 Å². The molecule has 162 valence electrons. The zero-order valence-corrected chi connectivity index (χ0v) is 18.5. The van der Waals surface area contributed by atoms with E-state index in [-0.39, 0.29) is 11.8 Å². The number of halogens is 1. The Hall–Kier alpha value is -3.64. The summed E-state index contributed by atoms with van der Waals surface area (Å²) in [4.78, 5) is 25.9. The third kappa shape index (κ3) is 4.50. The van der Waals surface area contributed by atoms with Gasteiger partial charge < -0.3 is 10.1 Å². The molecule has 0 bridgehead atoms. The van der Waals surface area contributed by atoms with E-state index < -0.39 is 12.1 Å². The summed E-state index contributed by atoms with van der Waals surface area (Å²) in [5.41, 5.74) is 6.05. The molecular formula is C25H23ClN3O3+. The number of hydrazone groups is 1. The largest absolute Gasteiger partial charge is 0.497 e. The first kappa shape index (κ1) is 21.6. The van der Waals surface area contributed by atoms with Crippen molar-refractivity contribution in [3.8, 4) is 5.75 Å². The van der Waals surface area contributed by atoms with Gasteiger partial charge in [-0.3, -0.25) is 9.59 Å². The number of carbonyl (C=O) groups is 2. The molecule has 2 N–H and O–H groups in total. The Labute approximate surface area is 191 Å². The topological polar surface area (TPSA) is 70.4 Å². The quantitative estimate of drug-likeness (QED) is 0.585. The number of hydrogen-bond acceptors (Lipinski definition) is 3. The Morgan fingerprint density at radius 1 is 1.06 bits per heavy atom. The van der Waals surface area contributed by atoms with Crippen molar-refractivity contribution in [2.24, 2.45) is 0 Å². The van der Waals surface area contributed by atoms with Crippen LogP contribution in [0.1, 0.15) is 33.1 Å². The second-order valence-electron chi connectivity index (χ2n) is 7.57. The van der Waals surface area contributed by atoms with E-state index in [2.05, 4.69) is 10.7 Å². The third-order valence-electron chi connectivity index (χ3n) is 5.38. The summed E-state index contributed by atoms with van der Waals surface area (Å²) >= 11 is 6.33. The average Bonchev–Trinajstić information content (AvgIpc) is 3.10. The number of methoxy groups -OCH3 is 1. The van der Waals surface area contributed by atoms with Gasteiger partial charge in [0.25, 0.3) is 5.91 Å². The standard InChI is InChI=1S/C25H22ClN3O3/c1-16-7-9-17(10-8-16)23-22(27-24(30)18-11-13-20(32-2)14-12-18)25(31)28-29(23)15-19-5-3-4-6-21(19)26/h3-15,22-23H,1-2H3,(H-,27,28,30,31)/p+1/b29-15-/t22-,23-/m0/s1. The normalized spacial score (nSPS) is 19.0. The average molecular weight is 449 g/mol. The van der Waals surface area contributed by atoms with Crippen molar-refractivity contribution in [1.82, 2.24) is 10.7 Å². The summed E-state index contributed by atoms with van der Waals surface area (Å²) in [6.07, 6.45) is 1.78. The fourth-order valence-electron chi connectivity index (χ4n) is 3.64. The second-order valence-corrected chi connectivity index (χ2v) is 7.98. The van der Waals surface area contributed by atoms with Crippen LogP contribution in [0.25, 0.3) is 0 Å². The molecule has 1 fully saturated rings. The second kappa shape index (κ2) is 9.24. The Balaban J connectivity index is 1.69. The number of nitrogens with zero attached hydrogens (tertiary/aromatic N) is 1.